The molecule has 0 aliphatic carbocycles. The van der Waals surface area contributed by atoms with E-state index in [1.165, 1.54) is 13.3 Å². The first-order valence-corrected chi connectivity index (χ1v) is 4.14. The molecule has 1 rings (SSSR count). The van der Waals surface area contributed by atoms with Gasteiger partial charge in [-0.3, -0.25) is 0 Å². The minimum Gasteiger partial charge on any atom is -0.465 e. The number of rotatable bonds is 1. The number of aromatic nitrogens is 2. The molecule has 0 saturated carbocycles. The minimum absolute atomic E-state index is 0.363. The van der Waals surface area contributed by atoms with Gasteiger partial charge in [-0.15, -0.1) is 0 Å². The van der Waals surface area contributed by atoms with Gasteiger partial charge in [0.2, 0.25) is 0 Å². The molecule has 1 aromatic rings. The van der Waals surface area contributed by atoms with Crippen LogP contribution >= 0.6 is 0 Å². The molecule has 4 heteroatoms. The molecule has 0 saturated heterocycles. The molecule has 1 aromatic heterocycles. The van der Waals surface area contributed by atoms with Crippen LogP contribution in [0.3, 0.4) is 0 Å². The second kappa shape index (κ2) is 6.11. The summed E-state index contributed by atoms with van der Waals surface area (Å²) < 4.78 is 6.09. The van der Waals surface area contributed by atoms with E-state index in [-0.39, 0.29) is 5.97 Å². The number of carbonyl (C=O) groups is 1. The summed E-state index contributed by atoms with van der Waals surface area (Å²) in [6.45, 7) is 4.00. The van der Waals surface area contributed by atoms with E-state index in [1.807, 2.05) is 13.8 Å². The van der Waals surface area contributed by atoms with E-state index in [9.17, 15) is 4.79 Å². The van der Waals surface area contributed by atoms with E-state index >= 15 is 0 Å². The maximum atomic E-state index is 10.9. The van der Waals surface area contributed by atoms with E-state index in [4.69, 9.17) is 0 Å². The number of hydrogen-bond donors (Lipinski definition) is 0. The van der Waals surface area contributed by atoms with Gasteiger partial charge in [-0.2, -0.15) is 0 Å². The molecule has 0 amide bonds. The lowest BCUT2D eigenvalue weighted by molar-refractivity contribution is -0.730. The van der Waals surface area contributed by atoms with E-state index < -0.39 is 0 Å². The summed E-state index contributed by atoms with van der Waals surface area (Å²) in [5.41, 5.74) is 0.464. The zero-order valence-electron chi connectivity index (χ0n) is 8.44. The third-order valence-electron chi connectivity index (χ3n) is 1.27. The third-order valence-corrected chi connectivity index (χ3v) is 1.27. The zero-order chi connectivity index (χ0) is 10.3. The Morgan fingerprint density at radius 2 is 2.15 bits per heavy atom. The lowest BCUT2D eigenvalue weighted by atomic mass is 10.3. The van der Waals surface area contributed by atoms with E-state index in [0.717, 1.165) is 0 Å². The summed E-state index contributed by atoms with van der Waals surface area (Å²) in [5.74, 6) is -0.363. The van der Waals surface area contributed by atoms with Crippen molar-refractivity contribution in [2.45, 2.75) is 13.8 Å². The number of hydrogen-bond acceptors (Lipinski definition) is 3. The Morgan fingerprint density at radius 3 is 2.54 bits per heavy atom. The number of nitrogens with zero attached hydrogens (tertiary/aromatic N) is 2. The molecule has 0 N–H and O–H groups in total. The standard InChI is InChI=1S/C7H9N2O2.C2H6/c1-9-4-3-6(5-8-9)7(10)11-2;1-2/h3-5H,1-2H3;1-2H3/q+1;. The molecule has 0 unspecified atom stereocenters. The maximum absolute atomic E-state index is 10.9. The van der Waals surface area contributed by atoms with Crippen molar-refractivity contribution in [3.05, 3.63) is 24.0 Å². The smallest absolute Gasteiger partial charge is 0.339 e. The molecule has 13 heavy (non-hydrogen) atoms. The van der Waals surface area contributed by atoms with Gasteiger partial charge in [0.25, 0.3) is 0 Å². The van der Waals surface area contributed by atoms with Gasteiger partial charge in [0.1, 0.15) is 6.20 Å². The van der Waals surface area contributed by atoms with Crippen molar-refractivity contribution in [3.63, 3.8) is 0 Å². The lowest BCUT2D eigenvalue weighted by Crippen LogP contribution is -2.32. The zero-order valence-corrected chi connectivity index (χ0v) is 8.44. The fourth-order valence-corrected chi connectivity index (χ4v) is 0.662. The summed E-state index contributed by atoms with van der Waals surface area (Å²) in [6.07, 6.45) is 3.15. The topological polar surface area (TPSA) is 43.1 Å². The molecule has 0 aliphatic heterocycles. The number of methoxy groups -OCH3 is 1. The highest BCUT2D eigenvalue weighted by Crippen LogP contribution is 1.94. The third kappa shape index (κ3) is 3.64. The fourth-order valence-electron chi connectivity index (χ4n) is 0.662. The van der Waals surface area contributed by atoms with Crippen molar-refractivity contribution < 1.29 is 14.2 Å². The summed E-state index contributed by atoms with van der Waals surface area (Å²) >= 11 is 0. The van der Waals surface area contributed by atoms with Crippen LogP contribution in [0.25, 0.3) is 0 Å². The van der Waals surface area contributed by atoms with Gasteiger partial charge < -0.3 is 4.74 Å². The molecule has 0 radical (unpaired) electrons. The Balaban J connectivity index is 0.000000671. The van der Waals surface area contributed by atoms with Crippen molar-refractivity contribution >= 4 is 5.97 Å². The van der Waals surface area contributed by atoms with Crippen molar-refractivity contribution in [3.8, 4) is 0 Å². The van der Waals surface area contributed by atoms with Crippen LogP contribution in [0, 0.1) is 0 Å². The summed E-state index contributed by atoms with van der Waals surface area (Å²) in [6, 6.07) is 1.65. The lowest BCUT2D eigenvalue weighted by Gasteiger charge is -1.93. The largest absolute Gasteiger partial charge is 0.465 e. The Labute approximate surface area is 78.2 Å². The maximum Gasteiger partial charge on any atom is 0.339 e. The second-order valence-corrected chi connectivity index (χ2v) is 2.08. The van der Waals surface area contributed by atoms with Crippen molar-refractivity contribution in [2.75, 3.05) is 7.11 Å². The summed E-state index contributed by atoms with van der Waals surface area (Å²) in [7, 11) is 3.12. The van der Waals surface area contributed by atoms with Crippen LogP contribution in [0.1, 0.15) is 24.2 Å². The molecule has 72 valence electrons. The van der Waals surface area contributed by atoms with Gasteiger partial charge >= 0.3 is 5.97 Å². The fraction of sp³-hybridized carbons (Fsp3) is 0.444. The first-order chi connectivity index (χ1) is 6.24. The molecular formula is C9H15N2O2+. The van der Waals surface area contributed by atoms with Gasteiger partial charge in [-0.05, 0) is 5.10 Å². The van der Waals surface area contributed by atoms with Gasteiger partial charge in [-0.25, -0.2) is 4.79 Å². The highest BCUT2D eigenvalue weighted by molar-refractivity contribution is 5.88. The second-order valence-electron chi connectivity index (χ2n) is 2.08. The van der Waals surface area contributed by atoms with Crippen LogP contribution in [-0.2, 0) is 11.8 Å². The highest BCUT2D eigenvalue weighted by atomic mass is 16.5. The average molecular weight is 183 g/mol. The normalized spacial score (nSPS) is 8.31. The van der Waals surface area contributed by atoms with Crippen molar-refractivity contribution in [1.82, 2.24) is 5.10 Å². The predicted octanol–water partition coefficient (Wildman–Crippen LogP) is 0.719. The van der Waals surface area contributed by atoms with Crippen LogP contribution in [0.5, 0.6) is 0 Å². The Bertz CT molecular complexity index is 257. The van der Waals surface area contributed by atoms with E-state index in [0.29, 0.717) is 5.56 Å². The summed E-state index contributed by atoms with van der Waals surface area (Å²) in [4.78, 5) is 10.9. The van der Waals surface area contributed by atoms with Crippen molar-refractivity contribution in [2.24, 2.45) is 7.05 Å². The molecule has 1 heterocycles. The number of ether oxygens (including phenoxy) is 1. The van der Waals surface area contributed by atoms with Crippen LogP contribution in [0.4, 0.5) is 0 Å². The van der Waals surface area contributed by atoms with Crippen LogP contribution in [0.15, 0.2) is 18.5 Å². The average Bonchev–Trinajstić information content (AvgIpc) is 2.21. The monoisotopic (exact) mass is 183 g/mol. The Morgan fingerprint density at radius 1 is 1.54 bits per heavy atom. The molecule has 0 bridgehead atoms. The van der Waals surface area contributed by atoms with Crippen LogP contribution in [0.2, 0.25) is 0 Å². The highest BCUT2D eigenvalue weighted by Gasteiger charge is 2.06. The molecular weight excluding hydrogens is 168 g/mol. The molecule has 0 aromatic carbocycles. The number of esters is 1. The Hall–Kier alpha value is -1.45. The minimum atomic E-state index is -0.363. The predicted molar refractivity (Wildman–Crippen MR) is 48.1 cm³/mol. The van der Waals surface area contributed by atoms with Gasteiger partial charge in [0, 0.05) is 6.07 Å². The quantitative estimate of drug-likeness (QED) is 0.476. The van der Waals surface area contributed by atoms with E-state index in [2.05, 4.69) is 9.84 Å². The molecule has 0 spiro atoms. The SMILES string of the molecule is CC.COC(=O)c1cc[n+](C)nc1. The molecule has 0 fully saturated rings. The Kier molecular flexibility index (Phi) is 5.43. The van der Waals surface area contributed by atoms with E-state index in [1.54, 1.807) is 24.0 Å². The first-order valence-electron chi connectivity index (χ1n) is 4.14. The molecule has 0 atom stereocenters. The number of carbonyl (C=O) groups excluding carboxylic acids is 1. The summed E-state index contributed by atoms with van der Waals surface area (Å²) in [5, 5.41) is 3.86. The number of aryl methyl sites for hydroxylation is 1. The van der Waals surface area contributed by atoms with Gasteiger partial charge in [0.05, 0.1) is 12.7 Å². The molecule has 4 nitrogen and oxygen atoms in total. The molecule has 0 aliphatic rings. The van der Waals surface area contributed by atoms with Crippen LogP contribution in [-0.4, -0.2) is 18.2 Å². The van der Waals surface area contributed by atoms with Gasteiger partial charge in [0.15, 0.2) is 13.2 Å². The van der Waals surface area contributed by atoms with Crippen LogP contribution < -0.4 is 4.68 Å². The van der Waals surface area contributed by atoms with Gasteiger partial charge in [-0.1, -0.05) is 18.5 Å². The first kappa shape index (κ1) is 11.6. The van der Waals surface area contributed by atoms with Crippen molar-refractivity contribution in [1.29, 1.82) is 0 Å².